The fourth-order valence-electron chi connectivity index (χ4n) is 1.53. The van der Waals surface area contributed by atoms with Gasteiger partial charge in [0.2, 0.25) is 0 Å². The van der Waals surface area contributed by atoms with Crippen molar-refractivity contribution < 1.29 is 17.9 Å². The molecule has 0 saturated carbocycles. The first-order chi connectivity index (χ1) is 9.37. The molecule has 2 aromatic rings. The zero-order chi connectivity index (χ0) is 14.8. The van der Waals surface area contributed by atoms with E-state index < -0.39 is 12.1 Å². The lowest BCUT2D eigenvalue weighted by atomic mass is 10.2. The Hall–Kier alpha value is -2.02. The van der Waals surface area contributed by atoms with Crippen molar-refractivity contribution in [3.8, 4) is 17.1 Å². The summed E-state index contributed by atoms with van der Waals surface area (Å²) in [6.07, 6.45) is -1.71. The molecule has 1 aromatic heterocycles. The van der Waals surface area contributed by atoms with Crippen LogP contribution in [-0.2, 0) is 6.54 Å². The molecule has 0 saturated heterocycles. The molecule has 0 radical (unpaired) electrons. The van der Waals surface area contributed by atoms with Crippen molar-refractivity contribution in [2.24, 2.45) is 0 Å². The standard InChI is InChI=1S/C12H9ClF3N3O/c1-2-3-19-7-17-11(18-19)8-4-9(13)6-10(5-8)20-12(14,15)16/h2,4-7H,1,3H2. The van der Waals surface area contributed by atoms with Crippen LogP contribution in [0.1, 0.15) is 0 Å². The van der Waals surface area contributed by atoms with Gasteiger partial charge in [0.15, 0.2) is 5.82 Å². The predicted molar refractivity (Wildman–Crippen MR) is 67.3 cm³/mol. The summed E-state index contributed by atoms with van der Waals surface area (Å²) in [7, 11) is 0. The van der Waals surface area contributed by atoms with Crippen molar-refractivity contribution in [3.05, 3.63) is 42.2 Å². The summed E-state index contributed by atoms with van der Waals surface area (Å²) in [5.41, 5.74) is 0.333. The van der Waals surface area contributed by atoms with Crippen LogP contribution in [0.3, 0.4) is 0 Å². The van der Waals surface area contributed by atoms with Gasteiger partial charge in [0.1, 0.15) is 12.1 Å². The van der Waals surface area contributed by atoms with Gasteiger partial charge in [-0.2, -0.15) is 5.10 Å². The molecular weight excluding hydrogens is 295 g/mol. The Kier molecular flexibility index (Phi) is 3.99. The second kappa shape index (κ2) is 5.54. The highest BCUT2D eigenvalue weighted by molar-refractivity contribution is 6.31. The summed E-state index contributed by atoms with van der Waals surface area (Å²) < 4.78 is 41.9. The molecule has 0 aliphatic heterocycles. The van der Waals surface area contributed by atoms with Crippen molar-refractivity contribution in [1.82, 2.24) is 14.8 Å². The molecule has 8 heteroatoms. The van der Waals surface area contributed by atoms with E-state index in [9.17, 15) is 13.2 Å². The molecule has 0 unspecified atom stereocenters. The van der Waals surface area contributed by atoms with Gasteiger partial charge < -0.3 is 4.74 Å². The van der Waals surface area contributed by atoms with E-state index in [1.54, 1.807) is 6.08 Å². The van der Waals surface area contributed by atoms with Gasteiger partial charge in [0.25, 0.3) is 0 Å². The molecule has 0 atom stereocenters. The third kappa shape index (κ3) is 3.74. The highest BCUT2D eigenvalue weighted by atomic mass is 35.5. The summed E-state index contributed by atoms with van der Waals surface area (Å²) in [5.74, 6) is -0.165. The summed E-state index contributed by atoms with van der Waals surface area (Å²) >= 11 is 5.77. The molecule has 1 aromatic carbocycles. The highest BCUT2D eigenvalue weighted by Gasteiger charge is 2.31. The molecule has 0 fully saturated rings. The molecule has 0 spiro atoms. The first kappa shape index (κ1) is 14.4. The second-order valence-electron chi connectivity index (χ2n) is 3.80. The van der Waals surface area contributed by atoms with Crippen molar-refractivity contribution >= 4 is 11.6 Å². The van der Waals surface area contributed by atoms with Gasteiger partial charge in [-0.3, -0.25) is 0 Å². The van der Waals surface area contributed by atoms with E-state index in [2.05, 4.69) is 21.4 Å². The molecule has 0 amide bonds. The minimum absolute atomic E-state index is 0.0989. The average molecular weight is 304 g/mol. The molecule has 0 N–H and O–H groups in total. The summed E-state index contributed by atoms with van der Waals surface area (Å²) in [6.45, 7) is 4.00. The molecule has 106 valence electrons. The van der Waals surface area contributed by atoms with E-state index in [0.717, 1.165) is 6.07 Å². The zero-order valence-electron chi connectivity index (χ0n) is 10.1. The number of allylic oxidation sites excluding steroid dienone is 1. The summed E-state index contributed by atoms with van der Waals surface area (Å²) in [6, 6.07) is 3.70. The minimum Gasteiger partial charge on any atom is -0.406 e. The topological polar surface area (TPSA) is 39.9 Å². The first-order valence-corrected chi connectivity index (χ1v) is 5.82. The molecule has 0 aliphatic rings. The van der Waals surface area contributed by atoms with Crippen molar-refractivity contribution in [3.63, 3.8) is 0 Å². The van der Waals surface area contributed by atoms with Crippen LogP contribution in [-0.4, -0.2) is 21.1 Å². The number of halogens is 4. The quantitative estimate of drug-likeness (QED) is 0.809. The number of alkyl halides is 3. The molecule has 0 bridgehead atoms. The zero-order valence-corrected chi connectivity index (χ0v) is 10.8. The minimum atomic E-state index is -4.78. The van der Waals surface area contributed by atoms with E-state index in [4.69, 9.17) is 11.6 Å². The predicted octanol–water partition coefficient (Wildman–Crippen LogP) is 3.68. The van der Waals surface area contributed by atoms with Gasteiger partial charge in [-0.25, -0.2) is 9.67 Å². The fraction of sp³-hybridized carbons (Fsp3) is 0.167. The van der Waals surface area contributed by atoms with Crippen LogP contribution in [0.2, 0.25) is 5.02 Å². The Morgan fingerprint density at radius 2 is 2.10 bits per heavy atom. The number of hydrogen-bond acceptors (Lipinski definition) is 3. The maximum atomic E-state index is 12.2. The monoisotopic (exact) mass is 303 g/mol. The largest absolute Gasteiger partial charge is 0.573 e. The lowest BCUT2D eigenvalue weighted by molar-refractivity contribution is -0.274. The second-order valence-corrected chi connectivity index (χ2v) is 4.24. The van der Waals surface area contributed by atoms with Gasteiger partial charge in [-0.15, -0.1) is 19.8 Å². The number of hydrogen-bond donors (Lipinski definition) is 0. The van der Waals surface area contributed by atoms with Gasteiger partial charge >= 0.3 is 6.36 Å². The molecule has 20 heavy (non-hydrogen) atoms. The van der Waals surface area contributed by atoms with Crippen LogP contribution < -0.4 is 4.74 Å². The van der Waals surface area contributed by atoms with Crippen LogP contribution in [0.15, 0.2) is 37.2 Å². The van der Waals surface area contributed by atoms with Gasteiger partial charge in [0.05, 0.1) is 6.54 Å². The van der Waals surface area contributed by atoms with Crippen LogP contribution in [0.5, 0.6) is 5.75 Å². The highest BCUT2D eigenvalue weighted by Crippen LogP contribution is 2.30. The van der Waals surface area contributed by atoms with E-state index in [1.807, 2.05) is 0 Å². The van der Waals surface area contributed by atoms with Gasteiger partial charge in [-0.05, 0) is 18.2 Å². The number of nitrogens with zero attached hydrogens (tertiary/aromatic N) is 3. The lowest BCUT2D eigenvalue weighted by Crippen LogP contribution is -2.17. The molecule has 1 heterocycles. The van der Waals surface area contributed by atoms with Crippen molar-refractivity contribution in [2.75, 3.05) is 0 Å². The van der Waals surface area contributed by atoms with E-state index in [1.165, 1.54) is 23.1 Å². The van der Waals surface area contributed by atoms with Crippen molar-refractivity contribution in [2.45, 2.75) is 12.9 Å². The maximum absolute atomic E-state index is 12.2. The van der Waals surface area contributed by atoms with E-state index in [-0.39, 0.29) is 10.8 Å². The maximum Gasteiger partial charge on any atom is 0.573 e. The van der Waals surface area contributed by atoms with E-state index >= 15 is 0 Å². The molecular formula is C12H9ClF3N3O. The third-order valence-electron chi connectivity index (χ3n) is 2.22. The third-order valence-corrected chi connectivity index (χ3v) is 2.43. The summed E-state index contributed by atoms with van der Waals surface area (Å²) in [4.78, 5) is 3.99. The van der Waals surface area contributed by atoms with Crippen molar-refractivity contribution in [1.29, 1.82) is 0 Å². The SMILES string of the molecule is C=CCn1cnc(-c2cc(Cl)cc(OC(F)(F)F)c2)n1. The normalized spacial score (nSPS) is 11.4. The molecule has 4 nitrogen and oxygen atoms in total. The first-order valence-electron chi connectivity index (χ1n) is 5.44. The van der Waals surface area contributed by atoms with E-state index in [0.29, 0.717) is 12.1 Å². The fourth-order valence-corrected chi connectivity index (χ4v) is 1.76. The van der Waals surface area contributed by atoms with Gasteiger partial charge in [0, 0.05) is 10.6 Å². The van der Waals surface area contributed by atoms with Crippen LogP contribution in [0, 0.1) is 0 Å². The Morgan fingerprint density at radius 1 is 1.35 bits per heavy atom. The summed E-state index contributed by atoms with van der Waals surface area (Å²) in [5, 5.41) is 4.19. The van der Waals surface area contributed by atoms with Crippen LogP contribution >= 0.6 is 11.6 Å². The van der Waals surface area contributed by atoms with Crippen LogP contribution in [0.25, 0.3) is 11.4 Å². The number of aromatic nitrogens is 3. The Bertz CT molecular complexity index is 625. The van der Waals surface area contributed by atoms with Gasteiger partial charge in [-0.1, -0.05) is 17.7 Å². The average Bonchev–Trinajstić information content (AvgIpc) is 2.75. The Balaban J connectivity index is 2.33. The number of ether oxygens (including phenoxy) is 1. The number of rotatable bonds is 4. The molecule has 2 rings (SSSR count). The Labute approximate surface area is 117 Å². The van der Waals surface area contributed by atoms with Crippen LogP contribution in [0.4, 0.5) is 13.2 Å². The number of benzene rings is 1. The molecule has 0 aliphatic carbocycles. The lowest BCUT2D eigenvalue weighted by Gasteiger charge is -2.09. The Morgan fingerprint density at radius 3 is 2.75 bits per heavy atom. The smallest absolute Gasteiger partial charge is 0.406 e.